The molecule has 0 fully saturated rings. The van der Waals surface area contributed by atoms with E-state index in [2.05, 4.69) is 0 Å². The maximum atomic E-state index is 13.0. The maximum Gasteiger partial charge on any atom is 0.417 e. The lowest BCUT2D eigenvalue weighted by Gasteiger charge is -2.16. The van der Waals surface area contributed by atoms with Gasteiger partial charge in [-0.05, 0) is 11.6 Å². The fourth-order valence-corrected chi connectivity index (χ4v) is 2.28. The summed E-state index contributed by atoms with van der Waals surface area (Å²) >= 11 is 11.4. The SMILES string of the molecule is Oc1c(Cl)cc(C(F)(F)F)c(-c2ccccc2)c1Cl. The van der Waals surface area contributed by atoms with E-state index in [4.69, 9.17) is 23.2 Å². The van der Waals surface area contributed by atoms with Crippen LogP contribution in [-0.2, 0) is 6.18 Å². The van der Waals surface area contributed by atoms with Crippen molar-refractivity contribution in [1.82, 2.24) is 0 Å². The van der Waals surface area contributed by atoms with Gasteiger partial charge in [0.05, 0.1) is 15.6 Å². The largest absolute Gasteiger partial charge is 0.505 e. The Hall–Kier alpha value is -1.39. The molecule has 0 saturated heterocycles. The number of phenolic OH excluding ortho intramolecular Hbond substituents is 1. The van der Waals surface area contributed by atoms with Crippen LogP contribution < -0.4 is 0 Å². The predicted molar refractivity (Wildman–Crippen MR) is 68.6 cm³/mol. The summed E-state index contributed by atoms with van der Waals surface area (Å²) in [6.07, 6.45) is -4.62. The van der Waals surface area contributed by atoms with Crippen LogP contribution in [0.1, 0.15) is 5.56 Å². The van der Waals surface area contributed by atoms with Crippen molar-refractivity contribution in [2.45, 2.75) is 6.18 Å². The number of aromatic hydroxyl groups is 1. The first-order chi connectivity index (χ1) is 8.82. The molecule has 0 aliphatic heterocycles. The summed E-state index contributed by atoms with van der Waals surface area (Å²) < 4.78 is 39.1. The van der Waals surface area contributed by atoms with Crippen molar-refractivity contribution >= 4 is 23.2 Å². The van der Waals surface area contributed by atoms with Crippen LogP contribution in [-0.4, -0.2) is 5.11 Å². The first-order valence-electron chi connectivity index (χ1n) is 5.16. The van der Waals surface area contributed by atoms with Gasteiger partial charge in [-0.2, -0.15) is 13.2 Å². The van der Waals surface area contributed by atoms with Gasteiger partial charge in [0.2, 0.25) is 0 Å². The average Bonchev–Trinajstić information content (AvgIpc) is 2.35. The van der Waals surface area contributed by atoms with Crippen LogP contribution in [0.25, 0.3) is 11.1 Å². The van der Waals surface area contributed by atoms with E-state index < -0.39 is 27.5 Å². The molecule has 0 atom stereocenters. The first-order valence-corrected chi connectivity index (χ1v) is 5.91. The highest BCUT2D eigenvalue weighted by molar-refractivity contribution is 6.39. The van der Waals surface area contributed by atoms with Gasteiger partial charge in [0.25, 0.3) is 0 Å². The van der Waals surface area contributed by atoms with Crippen molar-refractivity contribution in [2.24, 2.45) is 0 Å². The normalized spacial score (nSPS) is 11.6. The van der Waals surface area contributed by atoms with E-state index in [0.29, 0.717) is 6.07 Å². The third kappa shape index (κ3) is 2.65. The minimum Gasteiger partial charge on any atom is -0.505 e. The molecule has 0 aromatic heterocycles. The molecule has 0 aliphatic carbocycles. The second kappa shape index (κ2) is 4.94. The molecule has 2 rings (SSSR count). The van der Waals surface area contributed by atoms with Gasteiger partial charge in [-0.3, -0.25) is 0 Å². The lowest BCUT2D eigenvalue weighted by molar-refractivity contribution is -0.137. The summed E-state index contributed by atoms with van der Waals surface area (Å²) in [6.45, 7) is 0. The van der Waals surface area contributed by atoms with Crippen LogP contribution in [0.3, 0.4) is 0 Å². The summed E-state index contributed by atoms with van der Waals surface area (Å²) in [5.74, 6) is -0.560. The van der Waals surface area contributed by atoms with Gasteiger partial charge in [0.15, 0.2) is 5.75 Å². The molecule has 19 heavy (non-hydrogen) atoms. The van der Waals surface area contributed by atoms with E-state index in [1.54, 1.807) is 18.2 Å². The zero-order chi connectivity index (χ0) is 14.2. The minimum atomic E-state index is -4.62. The van der Waals surface area contributed by atoms with Crippen molar-refractivity contribution in [3.8, 4) is 16.9 Å². The predicted octanol–water partition coefficient (Wildman–Crippen LogP) is 5.38. The zero-order valence-corrected chi connectivity index (χ0v) is 10.8. The van der Waals surface area contributed by atoms with Crippen LogP contribution in [0.15, 0.2) is 36.4 Å². The molecule has 0 spiro atoms. The third-order valence-corrected chi connectivity index (χ3v) is 3.22. The van der Waals surface area contributed by atoms with Gasteiger partial charge in [0.1, 0.15) is 0 Å². The van der Waals surface area contributed by atoms with Crippen molar-refractivity contribution < 1.29 is 18.3 Å². The van der Waals surface area contributed by atoms with Gasteiger partial charge in [-0.1, -0.05) is 53.5 Å². The lowest BCUT2D eigenvalue weighted by atomic mass is 9.98. The Kier molecular flexibility index (Phi) is 3.65. The van der Waals surface area contributed by atoms with E-state index in [0.717, 1.165) is 0 Å². The highest BCUT2D eigenvalue weighted by Gasteiger charge is 2.36. The Morgan fingerprint density at radius 2 is 1.58 bits per heavy atom. The van der Waals surface area contributed by atoms with Crippen molar-refractivity contribution in [3.63, 3.8) is 0 Å². The number of alkyl halides is 3. The summed E-state index contributed by atoms with van der Waals surface area (Å²) in [7, 11) is 0. The summed E-state index contributed by atoms with van der Waals surface area (Å²) in [5.41, 5.74) is -1.00. The van der Waals surface area contributed by atoms with Crippen LogP contribution in [0.2, 0.25) is 10.0 Å². The van der Waals surface area contributed by atoms with E-state index in [1.165, 1.54) is 12.1 Å². The summed E-state index contributed by atoms with van der Waals surface area (Å²) in [4.78, 5) is 0. The number of phenols is 1. The fraction of sp³-hybridized carbons (Fsp3) is 0.0769. The van der Waals surface area contributed by atoms with Gasteiger partial charge < -0.3 is 5.11 Å². The monoisotopic (exact) mass is 306 g/mol. The topological polar surface area (TPSA) is 20.2 Å². The van der Waals surface area contributed by atoms with Crippen molar-refractivity contribution in [3.05, 3.63) is 52.0 Å². The Balaban J connectivity index is 2.82. The number of benzene rings is 2. The standard InChI is InChI=1S/C13H7Cl2F3O/c14-9-6-8(13(16,17)18)10(11(15)12(9)19)7-4-2-1-3-5-7/h1-6,19H. The molecule has 0 bridgehead atoms. The van der Waals surface area contributed by atoms with Crippen LogP contribution >= 0.6 is 23.2 Å². The summed E-state index contributed by atoms with van der Waals surface area (Å²) in [5, 5.41) is 8.76. The smallest absolute Gasteiger partial charge is 0.417 e. The number of halogens is 5. The molecule has 0 saturated carbocycles. The quantitative estimate of drug-likeness (QED) is 0.749. The molecule has 100 valence electrons. The Morgan fingerprint density at radius 3 is 2.11 bits per heavy atom. The fourth-order valence-electron chi connectivity index (χ4n) is 1.72. The Morgan fingerprint density at radius 1 is 1.00 bits per heavy atom. The average molecular weight is 307 g/mol. The van der Waals surface area contributed by atoms with E-state index >= 15 is 0 Å². The minimum absolute atomic E-state index is 0.256. The first kappa shape index (κ1) is 14.0. The molecule has 2 aromatic rings. The van der Waals surface area contributed by atoms with E-state index in [-0.39, 0.29) is 11.1 Å². The van der Waals surface area contributed by atoms with Crippen LogP contribution in [0.4, 0.5) is 13.2 Å². The van der Waals surface area contributed by atoms with Crippen molar-refractivity contribution in [1.29, 1.82) is 0 Å². The second-order valence-corrected chi connectivity index (χ2v) is 4.59. The van der Waals surface area contributed by atoms with E-state index in [9.17, 15) is 18.3 Å². The summed E-state index contributed by atoms with van der Waals surface area (Å²) in [6, 6.07) is 8.45. The molecule has 0 amide bonds. The molecule has 1 N–H and O–H groups in total. The molecular weight excluding hydrogens is 300 g/mol. The molecular formula is C13H7Cl2F3O. The highest BCUT2D eigenvalue weighted by atomic mass is 35.5. The zero-order valence-electron chi connectivity index (χ0n) is 9.30. The molecule has 0 radical (unpaired) electrons. The maximum absolute atomic E-state index is 13.0. The molecule has 0 heterocycles. The van der Waals surface area contributed by atoms with Gasteiger partial charge in [0, 0.05) is 5.56 Å². The van der Waals surface area contributed by atoms with Crippen LogP contribution in [0, 0.1) is 0 Å². The third-order valence-electron chi connectivity index (χ3n) is 2.56. The highest BCUT2D eigenvalue weighted by Crippen LogP contribution is 2.47. The van der Waals surface area contributed by atoms with Gasteiger partial charge >= 0.3 is 6.18 Å². The lowest BCUT2D eigenvalue weighted by Crippen LogP contribution is -2.08. The molecule has 0 aliphatic rings. The van der Waals surface area contributed by atoms with Crippen LogP contribution in [0.5, 0.6) is 5.75 Å². The number of hydrogen-bond donors (Lipinski definition) is 1. The number of rotatable bonds is 1. The molecule has 1 nitrogen and oxygen atoms in total. The number of hydrogen-bond acceptors (Lipinski definition) is 1. The Labute approximate surface area is 117 Å². The molecule has 2 aromatic carbocycles. The van der Waals surface area contributed by atoms with Gasteiger partial charge in [-0.15, -0.1) is 0 Å². The molecule has 0 unspecified atom stereocenters. The van der Waals surface area contributed by atoms with E-state index in [1.807, 2.05) is 0 Å². The Bertz CT molecular complexity index is 610. The second-order valence-electron chi connectivity index (χ2n) is 3.81. The molecule has 6 heteroatoms. The van der Waals surface area contributed by atoms with Crippen molar-refractivity contribution in [2.75, 3.05) is 0 Å². The van der Waals surface area contributed by atoms with Gasteiger partial charge in [-0.25, -0.2) is 0 Å².